The molecule has 2 aliphatic rings. The summed E-state index contributed by atoms with van der Waals surface area (Å²) in [5, 5.41) is 9.18. The number of nitrogens with zero attached hydrogens (tertiary/aromatic N) is 5. The van der Waals surface area contributed by atoms with Gasteiger partial charge in [0.15, 0.2) is 5.65 Å². The molecular weight excluding hydrogens is 350 g/mol. The normalized spacial score (nSPS) is 26.5. The van der Waals surface area contributed by atoms with Crippen LogP contribution < -0.4 is 11.1 Å². The number of nitrogens with one attached hydrogen (secondary N) is 1. The Kier molecular flexibility index (Phi) is 4.08. The molecule has 3 aromatic rings. The van der Waals surface area contributed by atoms with Gasteiger partial charge in [0, 0.05) is 42.5 Å². The van der Waals surface area contributed by atoms with Crippen molar-refractivity contribution in [1.29, 1.82) is 0 Å². The van der Waals surface area contributed by atoms with Gasteiger partial charge in [-0.3, -0.25) is 4.68 Å². The Balaban J connectivity index is 1.44. The molecule has 4 atom stereocenters. The van der Waals surface area contributed by atoms with Crippen LogP contribution in [0.4, 0.5) is 5.95 Å². The summed E-state index contributed by atoms with van der Waals surface area (Å²) in [4.78, 5) is 13.8. The first-order chi connectivity index (χ1) is 13.5. The van der Waals surface area contributed by atoms with E-state index >= 15 is 0 Å². The molecule has 0 radical (unpaired) electrons. The maximum absolute atomic E-state index is 6.18. The summed E-state index contributed by atoms with van der Waals surface area (Å²) in [5.74, 6) is 2.37. The number of anilines is 1. The Labute approximate surface area is 164 Å². The smallest absolute Gasteiger partial charge is 0.223 e. The van der Waals surface area contributed by atoms with Crippen molar-refractivity contribution in [1.82, 2.24) is 24.7 Å². The predicted molar refractivity (Wildman–Crippen MR) is 110 cm³/mol. The van der Waals surface area contributed by atoms with E-state index in [9.17, 15) is 0 Å². The molecule has 0 aromatic carbocycles. The second-order valence-corrected chi connectivity index (χ2v) is 8.67. The zero-order valence-electron chi connectivity index (χ0n) is 16.6. The van der Waals surface area contributed by atoms with Crippen LogP contribution in [-0.2, 0) is 7.05 Å². The molecule has 7 heteroatoms. The highest BCUT2D eigenvalue weighted by Crippen LogP contribution is 2.44. The van der Waals surface area contributed by atoms with E-state index in [2.05, 4.69) is 40.3 Å². The first-order valence-electron chi connectivity index (χ1n) is 10.2. The van der Waals surface area contributed by atoms with Crippen LogP contribution in [0.25, 0.3) is 22.3 Å². The fourth-order valence-corrected chi connectivity index (χ4v) is 5.17. The number of hydrogen-bond acceptors (Lipinski definition) is 6. The number of nitrogens with two attached hydrogens (primary N) is 1. The zero-order chi connectivity index (χ0) is 19.4. The molecule has 3 N–H and O–H groups in total. The molecule has 28 heavy (non-hydrogen) atoms. The molecule has 2 fully saturated rings. The van der Waals surface area contributed by atoms with Gasteiger partial charge in [0.25, 0.3) is 0 Å². The average molecular weight is 377 g/mol. The minimum Gasteiger partial charge on any atom is -0.351 e. The number of pyridine rings is 1. The topological polar surface area (TPSA) is 94.5 Å². The molecule has 3 aromatic heterocycles. The van der Waals surface area contributed by atoms with Gasteiger partial charge in [-0.15, -0.1) is 0 Å². The van der Waals surface area contributed by atoms with Gasteiger partial charge in [-0.1, -0.05) is 13.8 Å². The first kappa shape index (κ1) is 17.6. The van der Waals surface area contributed by atoms with E-state index in [4.69, 9.17) is 10.7 Å². The fraction of sp³-hybridized carbons (Fsp3) is 0.524. The minimum absolute atomic E-state index is 0.374. The SMILES string of the molecule is CC(C)c1c2cc(-c3ccnc(N[C@H]4C[C@H]5C[C@@H]4C[C@H]5N)n3)cnc2nn1C. The number of rotatable bonds is 4. The van der Waals surface area contributed by atoms with E-state index in [-0.39, 0.29) is 0 Å². The molecular formula is C21H27N7. The molecule has 2 bridgehead atoms. The van der Waals surface area contributed by atoms with Crippen molar-refractivity contribution in [3.63, 3.8) is 0 Å². The summed E-state index contributed by atoms with van der Waals surface area (Å²) in [5.41, 5.74) is 10.0. The third-order valence-corrected chi connectivity index (χ3v) is 6.46. The van der Waals surface area contributed by atoms with Crippen molar-refractivity contribution in [2.45, 2.75) is 51.1 Å². The number of hydrogen-bond donors (Lipinski definition) is 2. The second kappa shape index (κ2) is 6.51. The van der Waals surface area contributed by atoms with E-state index in [1.54, 1.807) is 0 Å². The predicted octanol–water partition coefficient (Wildman–Crippen LogP) is 3.09. The van der Waals surface area contributed by atoms with Gasteiger partial charge in [-0.2, -0.15) is 5.10 Å². The van der Waals surface area contributed by atoms with Crippen LogP contribution in [0.15, 0.2) is 24.5 Å². The summed E-state index contributed by atoms with van der Waals surface area (Å²) in [6.45, 7) is 4.36. The number of aryl methyl sites for hydroxylation is 1. The van der Waals surface area contributed by atoms with Crippen LogP contribution in [0, 0.1) is 11.8 Å². The van der Waals surface area contributed by atoms with Crippen molar-refractivity contribution in [2.24, 2.45) is 24.6 Å². The number of aromatic nitrogens is 5. The summed E-state index contributed by atoms with van der Waals surface area (Å²) in [7, 11) is 1.98. The largest absolute Gasteiger partial charge is 0.351 e. The Morgan fingerprint density at radius 2 is 2.04 bits per heavy atom. The van der Waals surface area contributed by atoms with E-state index in [0.717, 1.165) is 35.1 Å². The van der Waals surface area contributed by atoms with Crippen LogP contribution in [0.5, 0.6) is 0 Å². The lowest BCUT2D eigenvalue weighted by Gasteiger charge is -2.26. The fourth-order valence-electron chi connectivity index (χ4n) is 5.17. The summed E-state index contributed by atoms with van der Waals surface area (Å²) < 4.78 is 1.93. The Hall–Kier alpha value is -2.54. The molecule has 0 saturated heterocycles. The van der Waals surface area contributed by atoms with Gasteiger partial charge in [-0.25, -0.2) is 15.0 Å². The van der Waals surface area contributed by atoms with E-state index in [1.165, 1.54) is 12.1 Å². The molecule has 3 heterocycles. The average Bonchev–Trinajstić information content (AvgIpc) is 3.32. The molecule has 0 spiro atoms. The summed E-state index contributed by atoms with van der Waals surface area (Å²) >= 11 is 0. The van der Waals surface area contributed by atoms with Gasteiger partial charge < -0.3 is 11.1 Å². The van der Waals surface area contributed by atoms with Crippen LogP contribution in [0.1, 0.15) is 44.7 Å². The third-order valence-electron chi connectivity index (χ3n) is 6.46. The Morgan fingerprint density at radius 1 is 1.18 bits per heavy atom. The lowest BCUT2D eigenvalue weighted by Crippen LogP contribution is -2.35. The van der Waals surface area contributed by atoms with Gasteiger partial charge in [0.05, 0.1) is 11.4 Å². The van der Waals surface area contributed by atoms with E-state index in [0.29, 0.717) is 35.8 Å². The van der Waals surface area contributed by atoms with Crippen molar-refractivity contribution >= 4 is 17.0 Å². The Morgan fingerprint density at radius 3 is 2.75 bits per heavy atom. The van der Waals surface area contributed by atoms with Crippen LogP contribution >= 0.6 is 0 Å². The maximum atomic E-state index is 6.18. The summed E-state index contributed by atoms with van der Waals surface area (Å²) in [6.07, 6.45) is 7.14. The lowest BCUT2D eigenvalue weighted by molar-refractivity contribution is 0.389. The standard InChI is InChI=1S/C21H27N7/c1-11(2)19-15-7-14(10-24-20(15)27-28(19)3)17-4-5-23-21(25-17)26-18-9-12-6-13(18)8-16(12)22/h4-5,7,10-13,16,18H,6,8-9,22H2,1-3H3,(H,23,25,26)/t12-,13-,16-,18+/m1/s1. The van der Waals surface area contributed by atoms with E-state index in [1.807, 2.05) is 30.2 Å². The minimum atomic E-state index is 0.374. The van der Waals surface area contributed by atoms with Crippen molar-refractivity contribution in [2.75, 3.05) is 5.32 Å². The third kappa shape index (κ3) is 2.85. The highest BCUT2D eigenvalue weighted by molar-refractivity contribution is 5.83. The van der Waals surface area contributed by atoms with Crippen LogP contribution in [0.2, 0.25) is 0 Å². The monoisotopic (exact) mass is 377 g/mol. The van der Waals surface area contributed by atoms with Gasteiger partial charge >= 0.3 is 0 Å². The maximum Gasteiger partial charge on any atom is 0.223 e. The van der Waals surface area contributed by atoms with Crippen LogP contribution in [-0.4, -0.2) is 36.8 Å². The quantitative estimate of drug-likeness (QED) is 0.725. The molecule has 146 valence electrons. The zero-order valence-corrected chi connectivity index (χ0v) is 16.6. The van der Waals surface area contributed by atoms with Crippen molar-refractivity contribution in [3.05, 3.63) is 30.2 Å². The molecule has 2 saturated carbocycles. The van der Waals surface area contributed by atoms with Crippen LogP contribution in [0.3, 0.4) is 0 Å². The molecule has 0 aliphatic heterocycles. The first-order valence-corrected chi connectivity index (χ1v) is 10.2. The highest BCUT2D eigenvalue weighted by atomic mass is 15.3. The molecule has 0 unspecified atom stereocenters. The highest BCUT2D eigenvalue weighted by Gasteiger charge is 2.44. The second-order valence-electron chi connectivity index (χ2n) is 8.67. The lowest BCUT2D eigenvalue weighted by atomic mass is 9.92. The van der Waals surface area contributed by atoms with Crippen molar-refractivity contribution in [3.8, 4) is 11.3 Å². The molecule has 7 nitrogen and oxygen atoms in total. The van der Waals surface area contributed by atoms with Gasteiger partial charge in [0.2, 0.25) is 5.95 Å². The Bertz CT molecular complexity index is 1020. The van der Waals surface area contributed by atoms with Gasteiger partial charge in [-0.05, 0) is 49.1 Å². The van der Waals surface area contributed by atoms with E-state index < -0.39 is 0 Å². The molecule has 2 aliphatic carbocycles. The number of fused-ring (bicyclic) bond motifs is 3. The van der Waals surface area contributed by atoms with Crippen molar-refractivity contribution < 1.29 is 0 Å². The van der Waals surface area contributed by atoms with Gasteiger partial charge in [0.1, 0.15) is 0 Å². The molecule has 5 rings (SSSR count). The molecule has 0 amide bonds. The summed E-state index contributed by atoms with van der Waals surface area (Å²) in [6, 6.07) is 4.90.